The van der Waals surface area contributed by atoms with Gasteiger partial charge in [0.1, 0.15) is 5.82 Å². The number of anilines is 1. The van der Waals surface area contributed by atoms with E-state index >= 15 is 0 Å². The first-order chi connectivity index (χ1) is 14.6. The van der Waals surface area contributed by atoms with Crippen LogP contribution in [-0.4, -0.2) is 40.1 Å². The SMILES string of the molecule is O=C(O)CC1=CN(C(=O)NCCCCCNc2ccccn2)C=Cc2ccccc21. The van der Waals surface area contributed by atoms with Gasteiger partial charge in [0.15, 0.2) is 0 Å². The van der Waals surface area contributed by atoms with E-state index in [0.29, 0.717) is 12.1 Å². The number of unbranched alkanes of at least 4 members (excludes halogenated alkanes) is 2. The molecule has 30 heavy (non-hydrogen) atoms. The average Bonchev–Trinajstić information content (AvgIpc) is 2.93. The molecule has 156 valence electrons. The maximum absolute atomic E-state index is 12.6. The second kappa shape index (κ2) is 10.8. The zero-order valence-electron chi connectivity index (χ0n) is 16.8. The molecule has 1 aliphatic rings. The lowest BCUT2D eigenvalue weighted by molar-refractivity contribution is -0.135. The molecule has 0 bridgehead atoms. The monoisotopic (exact) mass is 406 g/mol. The summed E-state index contributed by atoms with van der Waals surface area (Å²) in [5.41, 5.74) is 2.31. The molecular formula is C23H26N4O3. The van der Waals surface area contributed by atoms with Gasteiger partial charge in [-0.3, -0.25) is 9.69 Å². The highest BCUT2D eigenvalue weighted by Gasteiger charge is 2.17. The molecule has 0 saturated carbocycles. The Morgan fingerprint density at radius 2 is 1.80 bits per heavy atom. The van der Waals surface area contributed by atoms with Crippen molar-refractivity contribution in [3.8, 4) is 0 Å². The Hall–Kier alpha value is -3.61. The van der Waals surface area contributed by atoms with Gasteiger partial charge in [0.05, 0.1) is 6.42 Å². The van der Waals surface area contributed by atoms with Gasteiger partial charge in [0.25, 0.3) is 0 Å². The van der Waals surface area contributed by atoms with Gasteiger partial charge >= 0.3 is 12.0 Å². The molecule has 7 heteroatoms. The number of hydrogen-bond donors (Lipinski definition) is 3. The minimum absolute atomic E-state index is 0.147. The van der Waals surface area contributed by atoms with E-state index in [-0.39, 0.29) is 12.5 Å². The van der Waals surface area contributed by atoms with E-state index in [2.05, 4.69) is 15.6 Å². The van der Waals surface area contributed by atoms with Crippen molar-refractivity contribution in [2.24, 2.45) is 0 Å². The molecule has 0 radical (unpaired) electrons. The molecule has 0 atom stereocenters. The maximum Gasteiger partial charge on any atom is 0.325 e. The van der Waals surface area contributed by atoms with Gasteiger partial charge in [0, 0.05) is 31.7 Å². The first kappa shape index (κ1) is 21.1. The largest absolute Gasteiger partial charge is 0.481 e. The lowest BCUT2D eigenvalue weighted by Gasteiger charge is -2.15. The number of hydrogen-bond acceptors (Lipinski definition) is 4. The van der Waals surface area contributed by atoms with Crippen LogP contribution < -0.4 is 10.6 Å². The van der Waals surface area contributed by atoms with Gasteiger partial charge in [-0.2, -0.15) is 0 Å². The fourth-order valence-corrected chi connectivity index (χ4v) is 3.20. The molecule has 2 heterocycles. The molecule has 0 aliphatic carbocycles. The fraction of sp³-hybridized carbons (Fsp3) is 0.261. The summed E-state index contributed by atoms with van der Waals surface area (Å²) in [5.74, 6) is -0.0682. The van der Waals surface area contributed by atoms with Crippen LogP contribution in [0.4, 0.5) is 10.6 Å². The highest BCUT2D eigenvalue weighted by molar-refractivity contribution is 5.89. The standard InChI is InChI=1S/C23H26N4O3/c28-22(29)16-19-17-27(15-11-18-8-2-3-9-20(18)19)23(30)26-14-6-1-5-12-24-21-10-4-7-13-25-21/h2-4,7-11,13,15,17H,1,5-6,12,14,16H2,(H,24,25)(H,26,30)(H,28,29). The highest BCUT2D eigenvalue weighted by atomic mass is 16.4. The van der Waals surface area contributed by atoms with E-state index in [1.54, 1.807) is 18.6 Å². The molecule has 0 spiro atoms. The summed E-state index contributed by atoms with van der Waals surface area (Å²) >= 11 is 0. The van der Waals surface area contributed by atoms with E-state index in [9.17, 15) is 14.7 Å². The first-order valence-electron chi connectivity index (χ1n) is 10.0. The van der Waals surface area contributed by atoms with E-state index in [0.717, 1.165) is 42.8 Å². The number of carbonyl (C=O) groups excluding carboxylic acids is 1. The van der Waals surface area contributed by atoms with Crippen molar-refractivity contribution >= 4 is 29.5 Å². The molecule has 3 N–H and O–H groups in total. The normalized spacial score (nSPS) is 12.5. The molecule has 1 aliphatic heterocycles. The van der Waals surface area contributed by atoms with Crippen LogP contribution in [0.1, 0.15) is 36.8 Å². The Kier molecular flexibility index (Phi) is 7.60. The molecule has 7 nitrogen and oxygen atoms in total. The molecule has 0 fully saturated rings. The Bertz CT molecular complexity index is 925. The van der Waals surface area contributed by atoms with Crippen molar-refractivity contribution in [3.63, 3.8) is 0 Å². The Labute approximate surface area is 176 Å². The van der Waals surface area contributed by atoms with Gasteiger partial charge in [0.2, 0.25) is 0 Å². The Morgan fingerprint density at radius 3 is 2.60 bits per heavy atom. The topological polar surface area (TPSA) is 94.6 Å². The van der Waals surface area contributed by atoms with Gasteiger partial charge in [-0.1, -0.05) is 30.3 Å². The summed E-state index contributed by atoms with van der Waals surface area (Å²) in [6.45, 7) is 1.39. The third kappa shape index (κ3) is 6.20. The van der Waals surface area contributed by atoms with Crippen molar-refractivity contribution < 1.29 is 14.7 Å². The lowest BCUT2D eigenvalue weighted by Crippen LogP contribution is -2.34. The van der Waals surface area contributed by atoms with Crippen LogP contribution in [-0.2, 0) is 4.79 Å². The maximum atomic E-state index is 12.6. The number of nitrogens with zero attached hydrogens (tertiary/aromatic N) is 2. The first-order valence-corrected chi connectivity index (χ1v) is 10.0. The smallest absolute Gasteiger partial charge is 0.325 e. The highest BCUT2D eigenvalue weighted by Crippen LogP contribution is 2.27. The van der Waals surface area contributed by atoms with Crippen molar-refractivity contribution in [1.29, 1.82) is 0 Å². The quantitative estimate of drug-likeness (QED) is 0.543. The van der Waals surface area contributed by atoms with Gasteiger partial charge < -0.3 is 15.7 Å². The van der Waals surface area contributed by atoms with E-state index < -0.39 is 5.97 Å². The van der Waals surface area contributed by atoms with Crippen LogP contribution in [0.2, 0.25) is 0 Å². The number of fused-ring (bicyclic) bond motifs is 1. The minimum atomic E-state index is -0.933. The third-order valence-electron chi connectivity index (χ3n) is 4.69. The second-order valence-corrected chi connectivity index (χ2v) is 6.97. The average molecular weight is 406 g/mol. The number of aromatic nitrogens is 1. The zero-order valence-corrected chi connectivity index (χ0v) is 16.8. The van der Waals surface area contributed by atoms with Crippen LogP contribution in [0.25, 0.3) is 11.6 Å². The summed E-state index contributed by atoms with van der Waals surface area (Å²) < 4.78 is 0. The number of nitrogens with one attached hydrogen (secondary N) is 2. The summed E-state index contributed by atoms with van der Waals surface area (Å²) in [4.78, 5) is 29.5. The summed E-state index contributed by atoms with van der Waals surface area (Å²) in [6, 6.07) is 13.0. The molecule has 0 unspecified atom stereocenters. The molecule has 2 amide bonds. The number of carbonyl (C=O) groups is 2. The Morgan fingerprint density at radius 1 is 1.00 bits per heavy atom. The third-order valence-corrected chi connectivity index (χ3v) is 4.69. The number of pyridine rings is 1. The van der Waals surface area contributed by atoms with Gasteiger partial charge in [-0.15, -0.1) is 0 Å². The van der Waals surface area contributed by atoms with E-state index in [1.165, 1.54) is 4.90 Å². The number of aliphatic carboxylic acids is 1. The van der Waals surface area contributed by atoms with Crippen molar-refractivity contribution in [3.05, 3.63) is 72.2 Å². The lowest BCUT2D eigenvalue weighted by atomic mass is 9.98. The molecule has 3 rings (SSSR count). The fourth-order valence-electron chi connectivity index (χ4n) is 3.20. The van der Waals surface area contributed by atoms with E-state index in [4.69, 9.17) is 0 Å². The van der Waals surface area contributed by atoms with Crippen molar-refractivity contribution in [2.45, 2.75) is 25.7 Å². The van der Waals surface area contributed by atoms with Crippen LogP contribution in [0.15, 0.2) is 61.1 Å². The van der Waals surface area contributed by atoms with E-state index in [1.807, 2.05) is 48.5 Å². The van der Waals surface area contributed by atoms with Gasteiger partial charge in [-0.25, -0.2) is 9.78 Å². The number of rotatable bonds is 9. The van der Waals surface area contributed by atoms with Crippen LogP contribution in [0.3, 0.4) is 0 Å². The number of carboxylic acids is 1. The van der Waals surface area contributed by atoms with Crippen LogP contribution in [0.5, 0.6) is 0 Å². The zero-order chi connectivity index (χ0) is 21.2. The predicted octanol–water partition coefficient (Wildman–Crippen LogP) is 4.18. The summed E-state index contributed by atoms with van der Waals surface area (Å²) in [6.07, 6.45) is 9.51. The number of amides is 2. The van der Waals surface area contributed by atoms with Gasteiger partial charge in [-0.05, 0) is 54.2 Å². The molecular weight excluding hydrogens is 380 g/mol. The number of carboxylic acid groups (broad SMARTS) is 1. The summed E-state index contributed by atoms with van der Waals surface area (Å²) in [7, 11) is 0. The molecule has 1 aromatic carbocycles. The second-order valence-electron chi connectivity index (χ2n) is 6.97. The van der Waals surface area contributed by atoms with Crippen molar-refractivity contribution in [1.82, 2.24) is 15.2 Å². The summed E-state index contributed by atoms with van der Waals surface area (Å²) in [5, 5.41) is 15.4. The number of benzene rings is 1. The Balaban J connectivity index is 1.46. The van der Waals surface area contributed by atoms with Crippen LogP contribution >= 0.6 is 0 Å². The molecule has 2 aromatic rings. The molecule has 0 saturated heterocycles. The minimum Gasteiger partial charge on any atom is -0.481 e. The van der Waals surface area contributed by atoms with Crippen LogP contribution in [0, 0.1) is 0 Å². The predicted molar refractivity (Wildman–Crippen MR) is 118 cm³/mol. The number of urea groups is 1. The molecule has 1 aromatic heterocycles. The van der Waals surface area contributed by atoms with Crippen molar-refractivity contribution in [2.75, 3.05) is 18.4 Å².